The first kappa shape index (κ1) is 39.3. The number of methoxy groups -OCH3 is 3. The fraction of sp³-hybridized carbons (Fsp3) is 0.240. The first-order valence-corrected chi connectivity index (χ1v) is 20.3. The number of hydrazine groups is 1. The number of hydrogen-bond donors (Lipinski definition) is 2. The first-order valence-electron chi connectivity index (χ1n) is 20.3. The van der Waals surface area contributed by atoms with Gasteiger partial charge in [0, 0.05) is 23.1 Å². The van der Waals surface area contributed by atoms with E-state index in [4.69, 9.17) is 14.2 Å². The summed E-state index contributed by atoms with van der Waals surface area (Å²) < 4.78 is 16.8. The Morgan fingerprint density at radius 3 is 2.18 bits per heavy atom. The summed E-state index contributed by atoms with van der Waals surface area (Å²) in [6, 6.07) is 34.3. The van der Waals surface area contributed by atoms with E-state index >= 15 is 4.79 Å². The molecule has 0 spiro atoms. The number of phenolic OH excluding ortho intramolecular Hbond substituents is 1. The van der Waals surface area contributed by atoms with Gasteiger partial charge >= 0.3 is 0 Å². The van der Waals surface area contributed by atoms with Crippen LogP contribution in [0, 0.1) is 30.6 Å². The van der Waals surface area contributed by atoms with Gasteiger partial charge in [0.2, 0.25) is 11.8 Å². The maximum Gasteiger partial charge on any atom is 0.260 e. The number of benzene rings is 5. The van der Waals surface area contributed by atoms with E-state index in [1.165, 1.54) is 18.1 Å². The van der Waals surface area contributed by atoms with Crippen molar-refractivity contribution < 1.29 is 38.5 Å². The van der Waals surface area contributed by atoms with Gasteiger partial charge in [0.25, 0.3) is 11.8 Å². The van der Waals surface area contributed by atoms with Crippen molar-refractivity contribution in [2.45, 2.75) is 31.1 Å². The average Bonchev–Trinajstić information content (AvgIpc) is 3.67. The van der Waals surface area contributed by atoms with Crippen LogP contribution in [-0.4, -0.2) is 55.1 Å². The molecule has 6 atom stereocenters. The van der Waals surface area contributed by atoms with Crippen molar-refractivity contribution in [2.24, 2.45) is 23.7 Å². The van der Waals surface area contributed by atoms with E-state index in [1.807, 2.05) is 110 Å². The molecule has 5 aromatic rings. The SMILES string of the molecule is COc1ccc(OC)c(C=Cc2ccc(N3C(=O)[C@H]4[C@H](CC=C5[C@H]4C[C@H]4C(=O)N(Nc6ccc(C)cc6)C(=O)[C@@]4(c4ccccc4)[C@H]5c4ccc(O)cc4OC)C3=O)cc2)c1. The number of imide groups is 2. The lowest BCUT2D eigenvalue weighted by molar-refractivity contribution is -0.138. The molecule has 4 amide bonds. The van der Waals surface area contributed by atoms with Crippen LogP contribution in [0.15, 0.2) is 127 Å². The van der Waals surface area contributed by atoms with Crippen molar-refractivity contribution in [1.29, 1.82) is 0 Å². The van der Waals surface area contributed by atoms with Crippen molar-refractivity contribution in [3.8, 4) is 23.0 Å². The minimum Gasteiger partial charge on any atom is -0.508 e. The molecule has 0 aromatic heterocycles. The molecule has 0 radical (unpaired) electrons. The average molecular weight is 816 g/mol. The number of fused-ring (bicyclic) bond motifs is 4. The lowest BCUT2D eigenvalue weighted by atomic mass is 9.49. The zero-order valence-electron chi connectivity index (χ0n) is 34.2. The summed E-state index contributed by atoms with van der Waals surface area (Å²) in [7, 11) is 4.71. The van der Waals surface area contributed by atoms with Gasteiger partial charge in [0.05, 0.1) is 55.9 Å². The molecule has 2 heterocycles. The molecule has 2 aliphatic carbocycles. The highest BCUT2D eigenvalue weighted by Crippen LogP contribution is 2.65. The number of anilines is 2. The van der Waals surface area contributed by atoms with Gasteiger partial charge in [-0.3, -0.25) is 29.5 Å². The zero-order chi connectivity index (χ0) is 42.6. The third-order valence-electron chi connectivity index (χ3n) is 13.0. The number of carbonyl (C=O) groups excluding carboxylic acids is 4. The smallest absolute Gasteiger partial charge is 0.260 e. The Kier molecular flexibility index (Phi) is 9.97. The van der Waals surface area contributed by atoms with E-state index in [9.17, 15) is 19.5 Å². The maximum atomic E-state index is 15.4. The summed E-state index contributed by atoms with van der Waals surface area (Å²) in [4.78, 5) is 61.0. The number of rotatable bonds is 10. The Bertz CT molecular complexity index is 2620. The molecule has 2 aliphatic heterocycles. The zero-order valence-corrected chi connectivity index (χ0v) is 34.2. The molecule has 5 aromatic carbocycles. The Balaban J connectivity index is 1.12. The minimum absolute atomic E-state index is 0.0267. The molecule has 11 nitrogen and oxygen atoms in total. The molecule has 11 heteroatoms. The Hall–Kier alpha value is -7.14. The number of phenols is 1. The third kappa shape index (κ3) is 6.34. The number of amides is 4. The number of nitrogens with one attached hydrogen (secondary N) is 1. The van der Waals surface area contributed by atoms with E-state index in [1.54, 1.807) is 38.5 Å². The summed E-state index contributed by atoms with van der Waals surface area (Å²) in [6.07, 6.45) is 6.25. The Morgan fingerprint density at radius 1 is 0.738 bits per heavy atom. The predicted octanol–water partition coefficient (Wildman–Crippen LogP) is 8.09. The van der Waals surface area contributed by atoms with E-state index in [0.29, 0.717) is 39.8 Å². The van der Waals surface area contributed by atoms with Crippen molar-refractivity contribution in [2.75, 3.05) is 31.7 Å². The predicted molar refractivity (Wildman–Crippen MR) is 231 cm³/mol. The molecule has 0 unspecified atom stereocenters. The number of ether oxygens (including phenoxy) is 3. The molecule has 9 rings (SSSR count). The van der Waals surface area contributed by atoms with Crippen LogP contribution in [0.5, 0.6) is 23.0 Å². The van der Waals surface area contributed by atoms with Crippen LogP contribution < -0.4 is 24.5 Å². The van der Waals surface area contributed by atoms with Crippen molar-refractivity contribution in [1.82, 2.24) is 5.01 Å². The fourth-order valence-electron chi connectivity index (χ4n) is 10.2. The number of hydrogen-bond acceptors (Lipinski definition) is 9. The van der Waals surface area contributed by atoms with E-state index in [-0.39, 0.29) is 30.4 Å². The molecular formula is C50H45N3O8. The molecule has 308 valence electrons. The largest absolute Gasteiger partial charge is 0.508 e. The summed E-state index contributed by atoms with van der Waals surface area (Å²) >= 11 is 0. The minimum atomic E-state index is -1.47. The van der Waals surface area contributed by atoms with Crippen LogP contribution in [0.2, 0.25) is 0 Å². The van der Waals surface area contributed by atoms with Gasteiger partial charge in [-0.2, -0.15) is 5.01 Å². The fourth-order valence-corrected chi connectivity index (χ4v) is 10.2. The standard InChI is InChI=1S/C50H45N3O8/c1-29-10-16-33(17-11-29)51-53-47(56)41-28-40-37(45(38-22-20-35(54)27-43(38)61-4)50(41,49(53)58)32-8-6-5-7-9-32)23-24-39-44(40)48(57)52(46(39)55)34-18-13-30(14-19-34)12-15-31-26-36(59-2)21-25-42(31)60-3/h5-23,25-27,39-41,44-45,51,54H,24,28H2,1-4H3/t39-,40+,41-,44-,45+,50+/m0/s1. The van der Waals surface area contributed by atoms with E-state index in [0.717, 1.165) is 27.3 Å². The van der Waals surface area contributed by atoms with E-state index in [2.05, 4.69) is 5.43 Å². The second-order valence-corrected chi connectivity index (χ2v) is 16.1. The second-order valence-electron chi connectivity index (χ2n) is 16.1. The van der Waals surface area contributed by atoms with E-state index < -0.39 is 46.8 Å². The number of carbonyl (C=O) groups is 4. The highest BCUT2D eigenvalue weighted by Gasteiger charge is 2.70. The summed E-state index contributed by atoms with van der Waals surface area (Å²) in [6.45, 7) is 1.96. The molecule has 1 saturated carbocycles. The van der Waals surface area contributed by atoms with Crippen LogP contribution in [-0.2, 0) is 24.6 Å². The van der Waals surface area contributed by atoms with Crippen molar-refractivity contribution >= 4 is 47.2 Å². The lowest BCUT2D eigenvalue weighted by Gasteiger charge is -2.50. The quantitative estimate of drug-likeness (QED) is 0.0815. The number of aryl methyl sites for hydroxylation is 1. The van der Waals surface area contributed by atoms with Gasteiger partial charge in [-0.15, -0.1) is 0 Å². The van der Waals surface area contributed by atoms with Crippen LogP contribution in [0.25, 0.3) is 12.2 Å². The van der Waals surface area contributed by atoms with Crippen molar-refractivity contribution in [3.05, 3.63) is 155 Å². The van der Waals surface area contributed by atoms with Crippen LogP contribution in [0.3, 0.4) is 0 Å². The van der Waals surface area contributed by atoms with Gasteiger partial charge in [0.15, 0.2) is 0 Å². The highest BCUT2D eigenvalue weighted by molar-refractivity contribution is 6.22. The van der Waals surface area contributed by atoms with Gasteiger partial charge in [-0.05, 0) is 85.3 Å². The van der Waals surface area contributed by atoms with Gasteiger partial charge in [0.1, 0.15) is 23.0 Å². The normalized spacial score (nSPS) is 24.3. The number of nitrogens with zero attached hydrogens (tertiary/aromatic N) is 2. The number of aromatic hydroxyl groups is 1. The molecule has 4 aliphatic rings. The Labute approximate surface area is 353 Å². The van der Waals surface area contributed by atoms with Gasteiger partial charge < -0.3 is 19.3 Å². The first-order chi connectivity index (χ1) is 29.6. The Morgan fingerprint density at radius 2 is 1.48 bits per heavy atom. The summed E-state index contributed by atoms with van der Waals surface area (Å²) in [5, 5.41) is 11.7. The number of allylic oxidation sites excluding steroid dienone is 2. The van der Waals surface area contributed by atoms with Crippen LogP contribution >= 0.6 is 0 Å². The van der Waals surface area contributed by atoms with Gasteiger partial charge in [-0.25, -0.2) is 0 Å². The molecule has 61 heavy (non-hydrogen) atoms. The van der Waals surface area contributed by atoms with Crippen LogP contribution in [0.1, 0.15) is 46.6 Å². The summed E-state index contributed by atoms with van der Waals surface area (Å²) in [5.74, 6) is -3.58. The lowest BCUT2D eigenvalue weighted by Crippen LogP contribution is -2.53. The second kappa shape index (κ2) is 15.5. The molecule has 2 N–H and O–H groups in total. The monoisotopic (exact) mass is 815 g/mol. The molecule has 3 fully saturated rings. The molecule has 2 saturated heterocycles. The highest BCUT2D eigenvalue weighted by atomic mass is 16.5. The maximum absolute atomic E-state index is 15.4. The van der Waals surface area contributed by atoms with Crippen LogP contribution in [0.4, 0.5) is 11.4 Å². The molecular weight excluding hydrogens is 771 g/mol. The molecule has 0 bridgehead atoms. The topological polar surface area (TPSA) is 135 Å². The van der Waals surface area contributed by atoms with Gasteiger partial charge in [-0.1, -0.05) is 90.0 Å². The van der Waals surface area contributed by atoms with Crippen molar-refractivity contribution in [3.63, 3.8) is 0 Å². The third-order valence-corrected chi connectivity index (χ3v) is 13.0. The summed E-state index contributed by atoms with van der Waals surface area (Å²) in [5.41, 5.74) is 7.39.